The lowest BCUT2D eigenvalue weighted by Crippen LogP contribution is -2.30. The number of hydrogen-bond donors (Lipinski definition) is 1. The van der Waals surface area contributed by atoms with Crippen molar-refractivity contribution < 1.29 is 9.47 Å². The molecule has 3 rings (SSSR count). The molecule has 1 aromatic rings. The van der Waals surface area contributed by atoms with Crippen LogP contribution in [0.25, 0.3) is 0 Å². The molecule has 1 N–H and O–H groups in total. The fourth-order valence-electron chi connectivity index (χ4n) is 2.59. The first kappa shape index (κ1) is 11.2. The fraction of sp³-hybridized carbons (Fsp3) is 0.538. The SMILES string of the molecule is Clc1ccc(CC2CCCNC2)c2c1OCO2. The predicted molar refractivity (Wildman–Crippen MR) is 66.9 cm³/mol. The molecule has 0 radical (unpaired) electrons. The summed E-state index contributed by atoms with van der Waals surface area (Å²) in [5.74, 6) is 2.26. The first-order valence-electron chi connectivity index (χ1n) is 6.12. The van der Waals surface area contributed by atoms with Crippen LogP contribution in [-0.2, 0) is 6.42 Å². The van der Waals surface area contributed by atoms with Crippen LogP contribution >= 0.6 is 11.6 Å². The molecule has 0 spiro atoms. The molecule has 2 aliphatic heterocycles. The normalized spacial score (nSPS) is 22.8. The van der Waals surface area contributed by atoms with Crippen molar-refractivity contribution in [2.45, 2.75) is 19.3 Å². The number of hydrogen-bond acceptors (Lipinski definition) is 3. The highest BCUT2D eigenvalue weighted by Crippen LogP contribution is 2.42. The van der Waals surface area contributed by atoms with Gasteiger partial charge in [0.25, 0.3) is 0 Å². The molecule has 1 aromatic carbocycles. The number of benzene rings is 1. The monoisotopic (exact) mass is 253 g/mol. The number of ether oxygens (including phenoxy) is 2. The van der Waals surface area contributed by atoms with E-state index < -0.39 is 0 Å². The van der Waals surface area contributed by atoms with E-state index in [2.05, 4.69) is 11.4 Å². The van der Waals surface area contributed by atoms with Crippen molar-refractivity contribution in [3.05, 3.63) is 22.7 Å². The molecule has 0 saturated carbocycles. The zero-order valence-electron chi connectivity index (χ0n) is 9.67. The molecule has 0 aliphatic carbocycles. The summed E-state index contributed by atoms with van der Waals surface area (Å²) in [5, 5.41) is 4.08. The fourth-order valence-corrected chi connectivity index (χ4v) is 2.79. The van der Waals surface area contributed by atoms with Crippen LogP contribution in [0.15, 0.2) is 12.1 Å². The summed E-state index contributed by atoms with van der Waals surface area (Å²) in [6, 6.07) is 3.96. The molecule has 4 heteroatoms. The highest BCUT2D eigenvalue weighted by molar-refractivity contribution is 6.32. The second-order valence-corrected chi connectivity index (χ2v) is 5.09. The summed E-state index contributed by atoms with van der Waals surface area (Å²) in [6.45, 7) is 2.53. The van der Waals surface area contributed by atoms with Crippen LogP contribution in [0.2, 0.25) is 5.02 Å². The van der Waals surface area contributed by atoms with Gasteiger partial charge >= 0.3 is 0 Å². The van der Waals surface area contributed by atoms with Crippen LogP contribution in [0, 0.1) is 5.92 Å². The van der Waals surface area contributed by atoms with Crippen LogP contribution in [0.3, 0.4) is 0 Å². The van der Waals surface area contributed by atoms with Gasteiger partial charge in [0.05, 0.1) is 5.02 Å². The van der Waals surface area contributed by atoms with E-state index in [1.54, 1.807) is 0 Å². The molecule has 17 heavy (non-hydrogen) atoms. The van der Waals surface area contributed by atoms with Crippen molar-refractivity contribution in [1.29, 1.82) is 0 Å². The maximum absolute atomic E-state index is 6.07. The number of piperidine rings is 1. The number of nitrogens with one attached hydrogen (secondary N) is 1. The van der Waals surface area contributed by atoms with Gasteiger partial charge in [-0.1, -0.05) is 17.7 Å². The Labute approximate surface area is 106 Å². The standard InChI is InChI=1S/C13H16ClNO2/c14-11-4-3-10(12-13(11)17-8-16-12)6-9-2-1-5-15-7-9/h3-4,9,15H,1-2,5-8H2. The Bertz CT molecular complexity index is 416. The maximum atomic E-state index is 6.07. The van der Waals surface area contributed by atoms with Gasteiger partial charge in [-0.2, -0.15) is 0 Å². The Hall–Kier alpha value is -0.930. The van der Waals surface area contributed by atoms with E-state index in [1.807, 2.05) is 6.07 Å². The lowest BCUT2D eigenvalue weighted by Gasteiger charge is -2.23. The van der Waals surface area contributed by atoms with Gasteiger partial charge in [0.1, 0.15) is 0 Å². The highest BCUT2D eigenvalue weighted by atomic mass is 35.5. The average molecular weight is 254 g/mol. The number of halogens is 1. The highest BCUT2D eigenvalue weighted by Gasteiger charge is 2.23. The smallest absolute Gasteiger partial charge is 0.231 e. The molecule has 2 heterocycles. The van der Waals surface area contributed by atoms with E-state index in [4.69, 9.17) is 21.1 Å². The number of rotatable bonds is 2. The summed E-state index contributed by atoms with van der Waals surface area (Å²) in [6.07, 6.45) is 3.58. The second kappa shape index (κ2) is 4.75. The Morgan fingerprint density at radius 1 is 1.29 bits per heavy atom. The number of fused-ring (bicyclic) bond motifs is 1. The molecule has 1 unspecified atom stereocenters. The minimum absolute atomic E-state index is 0.287. The predicted octanol–water partition coefficient (Wildman–Crippen LogP) is 2.61. The van der Waals surface area contributed by atoms with Crippen molar-refractivity contribution in [2.24, 2.45) is 5.92 Å². The minimum Gasteiger partial charge on any atom is -0.453 e. The molecule has 2 aliphatic rings. The van der Waals surface area contributed by atoms with Gasteiger partial charge in [0.2, 0.25) is 6.79 Å². The van der Waals surface area contributed by atoms with Gasteiger partial charge in [-0.25, -0.2) is 0 Å². The summed E-state index contributed by atoms with van der Waals surface area (Å²) in [4.78, 5) is 0. The Kier molecular flexibility index (Phi) is 3.12. The van der Waals surface area contributed by atoms with Gasteiger partial charge in [0, 0.05) is 0 Å². The van der Waals surface area contributed by atoms with Crippen molar-refractivity contribution in [1.82, 2.24) is 5.32 Å². The van der Waals surface area contributed by atoms with Crippen molar-refractivity contribution >= 4 is 11.6 Å². The van der Waals surface area contributed by atoms with Crippen LogP contribution in [0.4, 0.5) is 0 Å². The Morgan fingerprint density at radius 2 is 2.18 bits per heavy atom. The van der Waals surface area contributed by atoms with Crippen molar-refractivity contribution in [3.8, 4) is 11.5 Å². The summed E-state index contributed by atoms with van der Waals surface area (Å²) in [7, 11) is 0. The molecule has 0 bridgehead atoms. The van der Waals surface area contributed by atoms with Crippen molar-refractivity contribution in [3.63, 3.8) is 0 Å². The third-order valence-corrected chi connectivity index (χ3v) is 3.76. The van der Waals surface area contributed by atoms with Crippen LogP contribution in [0.5, 0.6) is 11.5 Å². The quantitative estimate of drug-likeness (QED) is 0.879. The van der Waals surface area contributed by atoms with Crippen LogP contribution in [-0.4, -0.2) is 19.9 Å². The first-order valence-corrected chi connectivity index (χ1v) is 6.50. The third-order valence-electron chi connectivity index (χ3n) is 3.46. The molecule has 92 valence electrons. The Morgan fingerprint density at radius 3 is 3.00 bits per heavy atom. The summed E-state index contributed by atoms with van der Waals surface area (Å²) in [5.41, 5.74) is 1.22. The van der Waals surface area contributed by atoms with Gasteiger partial charge in [-0.15, -0.1) is 0 Å². The topological polar surface area (TPSA) is 30.5 Å². The maximum Gasteiger partial charge on any atom is 0.231 e. The van der Waals surface area contributed by atoms with Crippen LogP contribution in [0.1, 0.15) is 18.4 Å². The van der Waals surface area contributed by atoms with E-state index in [0.717, 1.165) is 25.3 Å². The van der Waals surface area contributed by atoms with E-state index in [9.17, 15) is 0 Å². The van der Waals surface area contributed by atoms with Crippen LogP contribution < -0.4 is 14.8 Å². The molecule has 1 fully saturated rings. The van der Waals surface area contributed by atoms with E-state index >= 15 is 0 Å². The van der Waals surface area contributed by atoms with Gasteiger partial charge < -0.3 is 14.8 Å². The average Bonchev–Trinajstić information content (AvgIpc) is 2.84. The molecular formula is C13H16ClNO2. The zero-order valence-corrected chi connectivity index (χ0v) is 10.4. The second-order valence-electron chi connectivity index (χ2n) is 4.69. The molecule has 0 aromatic heterocycles. The minimum atomic E-state index is 0.287. The zero-order chi connectivity index (χ0) is 11.7. The van der Waals surface area contributed by atoms with E-state index in [1.165, 1.54) is 18.4 Å². The lowest BCUT2D eigenvalue weighted by atomic mass is 9.92. The van der Waals surface area contributed by atoms with Gasteiger partial charge in [-0.05, 0) is 49.9 Å². The van der Waals surface area contributed by atoms with Gasteiger partial charge in [-0.3, -0.25) is 0 Å². The van der Waals surface area contributed by atoms with Crippen molar-refractivity contribution in [2.75, 3.05) is 19.9 Å². The molecule has 3 nitrogen and oxygen atoms in total. The van der Waals surface area contributed by atoms with E-state index in [0.29, 0.717) is 16.7 Å². The van der Waals surface area contributed by atoms with E-state index in [-0.39, 0.29) is 6.79 Å². The summed E-state index contributed by atoms with van der Waals surface area (Å²) < 4.78 is 10.9. The molecule has 0 amide bonds. The molecule has 1 atom stereocenters. The largest absolute Gasteiger partial charge is 0.453 e. The van der Waals surface area contributed by atoms with Gasteiger partial charge in [0.15, 0.2) is 11.5 Å². The Balaban J connectivity index is 1.81. The third kappa shape index (κ3) is 2.22. The molecule has 1 saturated heterocycles. The lowest BCUT2D eigenvalue weighted by molar-refractivity contribution is 0.173. The first-order chi connectivity index (χ1) is 8.34. The summed E-state index contributed by atoms with van der Waals surface area (Å²) >= 11 is 6.07. The molecular weight excluding hydrogens is 238 g/mol.